The zero-order valence-electron chi connectivity index (χ0n) is 11.0. The van der Waals surface area contributed by atoms with Gasteiger partial charge in [-0.25, -0.2) is 9.37 Å². The van der Waals surface area contributed by atoms with Gasteiger partial charge >= 0.3 is 0 Å². The molecule has 0 unspecified atom stereocenters. The maximum atomic E-state index is 13.4. The van der Waals surface area contributed by atoms with E-state index in [1.54, 1.807) is 6.07 Å². The molecule has 5 heteroatoms. The molecule has 0 aliphatic heterocycles. The van der Waals surface area contributed by atoms with Crippen LogP contribution in [0, 0.1) is 5.82 Å². The Kier molecular flexibility index (Phi) is 3.17. The minimum absolute atomic E-state index is 0.230. The number of hydrogen-bond acceptors (Lipinski definition) is 3. The minimum Gasteiger partial charge on any atom is -0.369 e. The third kappa shape index (κ3) is 2.20. The van der Waals surface area contributed by atoms with Crippen LogP contribution in [0.4, 0.5) is 10.3 Å². The fraction of sp³-hybridized carbons (Fsp3) is 0.500. The van der Waals surface area contributed by atoms with Crippen molar-refractivity contribution in [1.29, 1.82) is 0 Å². The van der Waals surface area contributed by atoms with Crippen molar-refractivity contribution in [2.24, 2.45) is 0 Å². The minimum atomic E-state index is -0.238. The molecule has 1 saturated carbocycles. The average Bonchev–Trinajstić information content (AvgIpc) is 2.98. The molecule has 3 nitrogen and oxygen atoms in total. The Bertz CT molecular complexity index is 602. The number of anilines is 1. The Balaban J connectivity index is 2.04. The Hall–Kier alpha value is -1.23. The van der Waals surface area contributed by atoms with Crippen LogP contribution >= 0.6 is 11.8 Å². The van der Waals surface area contributed by atoms with Crippen molar-refractivity contribution >= 4 is 28.7 Å². The highest BCUT2D eigenvalue weighted by Gasteiger charge is 2.34. The molecule has 2 N–H and O–H groups in total. The van der Waals surface area contributed by atoms with Crippen molar-refractivity contribution in [2.45, 2.75) is 37.0 Å². The summed E-state index contributed by atoms with van der Waals surface area (Å²) in [5.74, 6) is 0.249. The van der Waals surface area contributed by atoms with E-state index in [2.05, 4.69) is 11.2 Å². The van der Waals surface area contributed by atoms with Gasteiger partial charge in [0.2, 0.25) is 5.95 Å². The van der Waals surface area contributed by atoms with Gasteiger partial charge < -0.3 is 10.3 Å². The van der Waals surface area contributed by atoms with Gasteiger partial charge in [0.15, 0.2) is 0 Å². The van der Waals surface area contributed by atoms with Crippen molar-refractivity contribution in [1.82, 2.24) is 9.55 Å². The van der Waals surface area contributed by atoms with Gasteiger partial charge in [-0.3, -0.25) is 0 Å². The second-order valence-corrected chi connectivity index (χ2v) is 6.56. The fourth-order valence-electron chi connectivity index (χ4n) is 3.01. The Morgan fingerprint density at radius 1 is 1.42 bits per heavy atom. The Morgan fingerprint density at radius 3 is 2.84 bits per heavy atom. The molecule has 0 radical (unpaired) electrons. The number of hydrogen-bond donors (Lipinski definition) is 1. The number of benzene rings is 1. The smallest absolute Gasteiger partial charge is 0.201 e. The first-order chi connectivity index (χ1) is 9.13. The predicted octanol–water partition coefficient (Wildman–Crippen LogP) is 3.43. The fourth-order valence-corrected chi connectivity index (χ4v) is 3.97. The number of thioether (sulfide) groups is 1. The van der Waals surface area contributed by atoms with Gasteiger partial charge in [-0.1, -0.05) is 12.8 Å². The van der Waals surface area contributed by atoms with Crippen molar-refractivity contribution in [2.75, 3.05) is 12.0 Å². The van der Waals surface area contributed by atoms with Crippen LogP contribution in [-0.2, 0) is 6.54 Å². The molecular formula is C14H18FN3S. The number of nitrogen functional groups attached to an aromatic ring is 1. The van der Waals surface area contributed by atoms with Crippen molar-refractivity contribution < 1.29 is 4.39 Å². The molecule has 0 atom stereocenters. The molecule has 1 aliphatic rings. The summed E-state index contributed by atoms with van der Waals surface area (Å²) in [6, 6.07) is 4.65. The Morgan fingerprint density at radius 2 is 2.16 bits per heavy atom. The van der Waals surface area contributed by atoms with Gasteiger partial charge in [0.25, 0.3) is 0 Å². The SMILES string of the molecule is CSC1(Cn2c(N)nc3ccc(F)cc32)CCCC1. The Labute approximate surface area is 116 Å². The number of fused-ring (bicyclic) bond motifs is 1. The summed E-state index contributed by atoms with van der Waals surface area (Å²) in [7, 11) is 0. The van der Waals surface area contributed by atoms with Gasteiger partial charge in [-0.05, 0) is 37.3 Å². The topological polar surface area (TPSA) is 43.8 Å². The lowest BCUT2D eigenvalue weighted by Crippen LogP contribution is -2.27. The molecule has 0 bridgehead atoms. The standard InChI is InChI=1S/C14H18FN3S/c1-19-14(6-2-3-7-14)9-18-12-8-10(15)4-5-11(12)17-13(18)16/h4-5,8H,2-3,6-7,9H2,1H3,(H2,16,17). The summed E-state index contributed by atoms with van der Waals surface area (Å²) in [6.45, 7) is 0.819. The van der Waals surface area contributed by atoms with Crippen LogP contribution in [0.3, 0.4) is 0 Å². The molecule has 0 saturated heterocycles. The average molecular weight is 279 g/mol. The predicted molar refractivity (Wildman–Crippen MR) is 78.8 cm³/mol. The second kappa shape index (κ2) is 4.71. The number of nitrogens with two attached hydrogens (primary N) is 1. The van der Waals surface area contributed by atoms with Gasteiger partial charge in [0.05, 0.1) is 11.0 Å². The monoisotopic (exact) mass is 279 g/mol. The summed E-state index contributed by atoms with van der Waals surface area (Å²) in [6.07, 6.45) is 7.08. The van der Waals surface area contributed by atoms with Gasteiger partial charge in [0.1, 0.15) is 5.82 Å². The number of imidazole rings is 1. The van der Waals surface area contributed by atoms with E-state index in [1.807, 2.05) is 16.3 Å². The lowest BCUT2D eigenvalue weighted by molar-refractivity contribution is 0.517. The number of halogens is 1. The molecule has 1 fully saturated rings. The molecule has 0 amide bonds. The molecule has 19 heavy (non-hydrogen) atoms. The second-order valence-electron chi connectivity index (χ2n) is 5.28. The lowest BCUT2D eigenvalue weighted by atomic mass is 10.1. The van der Waals surface area contributed by atoms with Gasteiger partial charge in [-0.15, -0.1) is 0 Å². The highest BCUT2D eigenvalue weighted by molar-refractivity contribution is 8.00. The zero-order chi connectivity index (χ0) is 13.5. The van der Waals surface area contributed by atoms with E-state index in [0.29, 0.717) is 5.95 Å². The van der Waals surface area contributed by atoms with Gasteiger partial charge in [0, 0.05) is 11.3 Å². The molecule has 1 aromatic heterocycles. The normalized spacial score (nSPS) is 18.2. The summed E-state index contributed by atoms with van der Waals surface area (Å²) < 4.78 is 15.6. The van der Waals surface area contributed by atoms with E-state index in [4.69, 9.17) is 5.73 Å². The number of rotatable bonds is 3. The van der Waals surface area contributed by atoms with Crippen LogP contribution in [0.15, 0.2) is 18.2 Å². The summed E-state index contributed by atoms with van der Waals surface area (Å²) in [5, 5.41) is 0. The third-order valence-corrected chi connectivity index (χ3v) is 5.54. The lowest BCUT2D eigenvalue weighted by Gasteiger charge is -2.27. The van der Waals surface area contributed by atoms with E-state index >= 15 is 0 Å². The molecular weight excluding hydrogens is 261 g/mol. The molecule has 1 heterocycles. The number of nitrogens with zero attached hydrogens (tertiary/aromatic N) is 2. The van der Waals surface area contributed by atoms with Crippen LogP contribution in [0.5, 0.6) is 0 Å². The molecule has 102 valence electrons. The van der Waals surface area contributed by atoms with E-state index in [9.17, 15) is 4.39 Å². The molecule has 2 aromatic rings. The maximum Gasteiger partial charge on any atom is 0.201 e. The first-order valence-corrected chi connectivity index (χ1v) is 7.82. The van der Waals surface area contributed by atoms with Crippen LogP contribution in [0.2, 0.25) is 0 Å². The van der Waals surface area contributed by atoms with E-state index in [-0.39, 0.29) is 10.6 Å². The van der Waals surface area contributed by atoms with Crippen LogP contribution in [-0.4, -0.2) is 20.6 Å². The summed E-state index contributed by atoms with van der Waals surface area (Å²) in [5.41, 5.74) is 7.59. The van der Waals surface area contributed by atoms with E-state index in [0.717, 1.165) is 17.6 Å². The maximum absolute atomic E-state index is 13.4. The number of aromatic nitrogens is 2. The largest absolute Gasteiger partial charge is 0.369 e. The first kappa shape index (κ1) is 12.8. The van der Waals surface area contributed by atoms with E-state index in [1.165, 1.54) is 37.8 Å². The third-order valence-electron chi connectivity index (χ3n) is 4.13. The quantitative estimate of drug-likeness (QED) is 0.936. The first-order valence-electron chi connectivity index (χ1n) is 6.60. The zero-order valence-corrected chi connectivity index (χ0v) is 11.8. The van der Waals surface area contributed by atoms with E-state index < -0.39 is 0 Å². The molecule has 0 spiro atoms. The van der Waals surface area contributed by atoms with Crippen molar-refractivity contribution in [3.8, 4) is 0 Å². The van der Waals surface area contributed by atoms with Gasteiger partial charge in [-0.2, -0.15) is 11.8 Å². The summed E-state index contributed by atoms with van der Waals surface area (Å²) in [4.78, 5) is 4.33. The molecule has 3 rings (SSSR count). The highest BCUT2D eigenvalue weighted by Crippen LogP contribution is 2.42. The van der Waals surface area contributed by atoms with Crippen LogP contribution in [0.1, 0.15) is 25.7 Å². The summed E-state index contributed by atoms with van der Waals surface area (Å²) >= 11 is 1.90. The highest BCUT2D eigenvalue weighted by atomic mass is 32.2. The van der Waals surface area contributed by atoms with Crippen molar-refractivity contribution in [3.63, 3.8) is 0 Å². The molecule has 1 aromatic carbocycles. The molecule has 1 aliphatic carbocycles. The van der Waals surface area contributed by atoms with Crippen molar-refractivity contribution in [3.05, 3.63) is 24.0 Å². The van der Waals surface area contributed by atoms with Crippen LogP contribution < -0.4 is 5.73 Å². The van der Waals surface area contributed by atoms with Crippen LogP contribution in [0.25, 0.3) is 11.0 Å².